The van der Waals surface area contributed by atoms with Crippen LogP contribution in [0.4, 0.5) is 8.78 Å². The van der Waals surface area contributed by atoms with Gasteiger partial charge in [0.05, 0.1) is 0 Å². The lowest BCUT2D eigenvalue weighted by Gasteiger charge is -2.45. The zero-order valence-electron chi connectivity index (χ0n) is 15.1. The second kappa shape index (κ2) is 7.48. The SMILES string of the molecule is NC1CC(F)CN(C2(Oc3ccncn3)CCC(c3ccc(F)cc3)C2)C1. The van der Waals surface area contributed by atoms with Gasteiger partial charge in [-0.2, -0.15) is 0 Å². The molecule has 1 aromatic carbocycles. The molecule has 0 amide bonds. The van der Waals surface area contributed by atoms with Gasteiger partial charge in [0.15, 0.2) is 5.72 Å². The second-order valence-electron chi connectivity index (χ2n) is 7.59. The molecule has 2 N–H and O–H groups in total. The van der Waals surface area contributed by atoms with E-state index >= 15 is 0 Å². The number of hydrogen-bond donors (Lipinski definition) is 1. The number of likely N-dealkylation sites (tertiary alicyclic amines) is 1. The van der Waals surface area contributed by atoms with Crippen molar-refractivity contribution < 1.29 is 13.5 Å². The minimum absolute atomic E-state index is 0.212. The van der Waals surface area contributed by atoms with E-state index in [9.17, 15) is 8.78 Å². The Hall–Kier alpha value is -2.12. The highest BCUT2D eigenvalue weighted by Gasteiger charge is 2.49. The van der Waals surface area contributed by atoms with Crippen LogP contribution in [-0.2, 0) is 0 Å². The Balaban J connectivity index is 1.61. The quantitative estimate of drug-likeness (QED) is 0.891. The summed E-state index contributed by atoms with van der Waals surface area (Å²) in [5.74, 6) is 0.436. The van der Waals surface area contributed by atoms with Crippen LogP contribution in [0, 0.1) is 5.82 Å². The molecule has 4 unspecified atom stereocenters. The number of nitrogens with zero attached hydrogens (tertiary/aromatic N) is 3. The van der Waals surface area contributed by atoms with E-state index in [2.05, 4.69) is 9.97 Å². The first-order valence-electron chi connectivity index (χ1n) is 9.39. The van der Waals surface area contributed by atoms with Crippen LogP contribution in [0.2, 0.25) is 0 Å². The molecular weight excluding hydrogens is 350 g/mol. The van der Waals surface area contributed by atoms with Gasteiger partial charge in [-0.15, -0.1) is 0 Å². The number of piperidine rings is 1. The van der Waals surface area contributed by atoms with Crippen molar-refractivity contribution in [2.45, 2.75) is 49.5 Å². The molecular formula is C20H24F2N4O. The van der Waals surface area contributed by atoms with Crippen LogP contribution in [0.25, 0.3) is 0 Å². The van der Waals surface area contributed by atoms with Crippen molar-refractivity contribution in [1.29, 1.82) is 0 Å². The average molecular weight is 374 g/mol. The molecule has 2 aliphatic rings. The first kappa shape index (κ1) is 18.3. The molecule has 0 radical (unpaired) electrons. The number of nitrogens with two attached hydrogens (primary N) is 1. The molecule has 4 atom stereocenters. The number of alkyl halides is 1. The van der Waals surface area contributed by atoms with Gasteiger partial charge in [-0.3, -0.25) is 4.90 Å². The third-order valence-corrected chi connectivity index (χ3v) is 5.65. The van der Waals surface area contributed by atoms with E-state index in [1.54, 1.807) is 12.3 Å². The maximum absolute atomic E-state index is 14.3. The molecule has 1 saturated heterocycles. The van der Waals surface area contributed by atoms with E-state index in [-0.39, 0.29) is 17.8 Å². The van der Waals surface area contributed by atoms with Gasteiger partial charge in [-0.25, -0.2) is 18.7 Å². The summed E-state index contributed by atoms with van der Waals surface area (Å²) in [6, 6.07) is 8.10. The van der Waals surface area contributed by atoms with Gasteiger partial charge >= 0.3 is 0 Å². The third-order valence-electron chi connectivity index (χ3n) is 5.65. The predicted octanol–water partition coefficient (Wildman–Crippen LogP) is 3.03. The number of aromatic nitrogens is 2. The van der Waals surface area contributed by atoms with Crippen LogP contribution >= 0.6 is 0 Å². The topological polar surface area (TPSA) is 64.3 Å². The molecule has 2 aromatic rings. The molecule has 0 bridgehead atoms. The Bertz CT molecular complexity index is 750. The lowest BCUT2D eigenvalue weighted by atomic mass is 9.95. The van der Waals surface area contributed by atoms with Crippen molar-refractivity contribution in [3.05, 3.63) is 54.2 Å². The average Bonchev–Trinajstić information content (AvgIpc) is 3.08. The van der Waals surface area contributed by atoms with E-state index in [4.69, 9.17) is 10.5 Å². The summed E-state index contributed by atoms with van der Waals surface area (Å²) in [4.78, 5) is 10.2. The fourth-order valence-electron chi connectivity index (χ4n) is 4.39. The van der Waals surface area contributed by atoms with Gasteiger partial charge in [-0.05, 0) is 36.5 Å². The van der Waals surface area contributed by atoms with Crippen molar-refractivity contribution in [3.63, 3.8) is 0 Å². The zero-order chi connectivity index (χ0) is 18.9. The lowest BCUT2D eigenvalue weighted by Crippen LogP contribution is -2.60. The number of benzene rings is 1. The predicted molar refractivity (Wildman–Crippen MR) is 97.4 cm³/mol. The maximum Gasteiger partial charge on any atom is 0.218 e. The Morgan fingerprint density at radius 1 is 1.19 bits per heavy atom. The van der Waals surface area contributed by atoms with Gasteiger partial charge in [-0.1, -0.05) is 12.1 Å². The summed E-state index contributed by atoms with van der Waals surface area (Å²) in [5, 5.41) is 0. The van der Waals surface area contributed by atoms with E-state index in [1.165, 1.54) is 18.5 Å². The fraction of sp³-hybridized carbons (Fsp3) is 0.500. The smallest absolute Gasteiger partial charge is 0.218 e. The Morgan fingerprint density at radius 3 is 2.70 bits per heavy atom. The number of hydrogen-bond acceptors (Lipinski definition) is 5. The summed E-state index contributed by atoms with van der Waals surface area (Å²) in [5.41, 5.74) is 6.49. The molecule has 4 rings (SSSR count). The molecule has 7 heteroatoms. The monoisotopic (exact) mass is 374 g/mol. The van der Waals surface area contributed by atoms with Gasteiger partial charge in [0.1, 0.15) is 18.3 Å². The molecule has 27 heavy (non-hydrogen) atoms. The summed E-state index contributed by atoms with van der Waals surface area (Å²) in [6.07, 6.45) is 4.77. The highest BCUT2D eigenvalue weighted by Crippen LogP contribution is 2.46. The molecule has 0 spiro atoms. The highest BCUT2D eigenvalue weighted by molar-refractivity contribution is 5.23. The third kappa shape index (κ3) is 3.94. The summed E-state index contributed by atoms with van der Waals surface area (Å²) < 4.78 is 33.9. The van der Waals surface area contributed by atoms with Crippen LogP contribution in [0.1, 0.15) is 37.2 Å². The molecule has 1 saturated carbocycles. The lowest BCUT2D eigenvalue weighted by molar-refractivity contribution is -0.107. The van der Waals surface area contributed by atoms with Crippen molar-refractivity contribution in [2.24, 2.45) is 5.73 Å². The first-order valence-corrected chi connectivity index (χ1v) is 9.39. The van der Waals surface area contributed by atoms with Crippen LogP contribution in [0.15, 0.2) is 42.9 Å². The van der Waals surface area contributed by atoms with Gasteiger partial charge in [0, 0.05) is 44.2 Å². The summed E-state index contributed by atoms with van der Waals surface area (Å²) in [6.45, 7) is 0.885. The molecule has 5 nitrogen and oxygen atoms in total. The van der Waals surface area contributed by atoms with Crippen LogP contribution in [0.5, 0.6) is 5.88 Å². The van der Waals surface area contributed by atoms with Crippen LogP contribution in [0.3, 0.4) is 0 Å². The second-order valence-corrected chi connectivity index (χ2v) is 7.59. The Morgan fingerprint density at radius 2 is 2.00 bits per heavy atom. The highest BCUT2D eigenvalue weighted by atomic mass is 19.1. The summed E-state index contributed by atoms with van der Waals surface area (Å²) in [7, 11) is 0. The largest absolute Gasteiger partial charge is 0.456 e. The zero-order valence-corrected chi connectivity index (χ0v) is 15.1. The van der Waals surface area contributed by atoms with E-state index in [1.807, 2.05) is 17.0 Å². The Kier molecular flexibility index (Phi) is 5.06. The minimum Gasteiger partial charge on any atom is -0.456 e. The fourth-order valence-corrected chi connectivity index (χ4v) is 4.39. The van der Waals surface area contributed by atoms with E-state index < -0.39 is 11.9 Å². The maximum atomic E-state index is 14.3. The number of ether oxygens (including phenoxy) is 1. The Labute approximate surface area is 157 Å². The molecule has 144 valence electrons. The molecule has 1 aliphatic heterocycles. The number of rotatable bonds is 4. The van der Waals surface area contributed by atoms with Crippen LogP contribution < -0.4 is 10.5 Å². The summed E-state index contributed by atoms with van der Waals surface area (Å²) >= 11 is 0. The normalized spacial score (nSPS) is 31.7. The molecule has 2 heterocycles. The van der Waals surface area contributed by atoms with Crippen molar-refractivity contribution in [3.8, 4) is 5.88 Å². The van der Waals surface area contributed by atoms with Crippen molar-refractivity contribution in [2.75, 3.05) is 13.1 Å². The minimum atomic E-state index is -0.968. The van der Waals surface area contributed by atoms with E-state index in [0.717, 1.165) is 18.4 Å². The van der Waals surface area contributed by atoms with Gasteiger partial charge in [0.25, 0.3) is 0 Å². The van der Waals surface area contributed by atoms with Gasteiger partial charge in [0.2, 0.25) is 5.88 Å². The van der Waals surface area contributed by atoms with Crippen molar-refractivity contribution in [1.82, 2.24) is 14.9 Å². The first-order chi connectivity index (χ1) is 13.0. The van der Waals surface area contributed by atoms with E-state index in [0.29, 0.717) is 31.8 Å². The molecule has 1 aromatic heterocycles. The van der Waals surface area contributed by atoms with Crippen molar-refractivity contribution >= 4 is 0 Å². The molecule has 1 aliphatic carbocycles. The number of halogens is 2. The standard InChI is InChI=1S/C20H24F2N4O/c21-16-3-1-14(2-4-16)15-5-7-20(10-15,27-19-6-8-24-13-25-19)26-11-17(22)9-18(23)12-26/h1-4,6,8,13,15,17-18H,5,7,9-12,23H2. The van der Waals surface area contributed by atoms with Crippen LogP contribution in [-0.4, -0.2) is 45.9 Å². The van der Waals surface area contributed by atoms with Gasteiger partial charge < -0.3 is 10.5 Å². The molecule has 2 fully saturated rings.